The molecule has 0 saturated carbocycles. The highest BCUT2D eigenvalue weighted by Crippen LogP contribution is 2.24. The van der Waals surface area contributed by atoms with E-state index in [0.717, 1.165) is 43.2 Å². The summed E-state index contributed by atoms with van der Waals surface area (Å²) in [6.45, 7) is 10.5. The Balaban J connectivity index is 0.00000180. The molecule has 2 rings (SSSR count). The normalized spacial score (nSPS) is 19.9. The molecule has 0 radical (unpaired) electrons. The highest BCUT2D eigenvalue weighted by Gasteiger charge is 2.18. The molecule has 1 saturated heterocycles. The van der Waals surface area contributed by atoms with Gasteiger partial charge in [0.15, 0.2) is 0 Å². The molecule has 0 aromatic carbocycles. The van der Waals surface area contributed by atoms with E-state index in [1.165, 1.54) is 5.56 Å². The lowest BCUT2D eigenvalue weighted by Crippen LogP contribution is -2.48. The van der Waals surface area contributed by atoms with E-state index in [-0.39, 0.29) is 12.4 Å². The molecule has 0 amide bonds. The molecular formula is C14H24ClN3O. The van der Waals surface area contributed by atoms with Gasteiger partial charge in [-0.15, -0.1) is 12.4 Å². The van der Waals surface area contributed by atoms with Gasteiger partial charge in [-0.2, -0.15) is 0 Å². The van der Waals surface area contributed by atoms with Gasteiger partial charge in [-0.1, -0.05) is 0 Å². The Morgan fingerprint density at radius 2 is 2.21 bits per heavy atom. The summed E-state index contributed by atoms with van der Waals surface area (Å²) in [5.41, 5.74) is 3.41. The molecule has 1 aliphatic rings. The maximum absolute atomic E-state index is 5.46. The van der Waals surface area contributed by atoms with Gasteiger partial charge < -0.3 is 10.1 Å². The van der Waals surface area contributed by atoms with Crippen molar-refractivity contribution in [3.8, 4) is 5.75 Å². The number of rotatable bonds is 3. The van der Waals surface area contributed by atoms with Gasteiger partial charge in [0.1, 0.15) is 5.75 Å². The van der Waals surface area contributed by atoms with Crippen molar-refractivity contribution in [1.29, 1.82) is 0 Å². The second kappa shape index (κ2) is 7.08. The Morgan fingerprint density at radius 1 is 1.47 bits per heavy atom. The molecule has 5 heteroatoms. The molecule has 1 atom stereocenters. The number of nitrogens with one attached hydrogen (secondary N) is 1. The second-order valence-electron chi connectivity index (χ2n) is 5.14. The molecule has 0 unspecified atom stereocenters. The van der Waals surface area contributed by atoms with E-state index < -0.39 is 0 Å². The van der Waals surface area contributed by atoms with Crippen LogP contribution in [0.1, 0.15) is 23.7 Å². The average molecular weight is 286 g/mol. The van der Waals surface area contributed by atoms with Crippen molar-refractivity contribution in [3.05, 3.63) is 23.0 Å². The topological polar surface area (TPSA) is 37.4 Å². The molecule has 108 valence electrons. The molecule has 1 aromatic rings. The fourth-order valence-corrected chi connectivity index (χ4v) is 2.60. The van der Waals surface area contributed by atoms with Crippen molar-refractivity contribution >= 4 is 12.4 Å². The summed E-state index contributed by atoms with van der Waals surface area (Å²) >= 11 is 0. The maximum Gasteiger partial charge on any atom is 0.128 e. The van der Waals surface area contributed by atoms with Crippen LogP contribution in [0.2, 0.25) is 0 Å². The zero-order valence-corrected chi connectivity index (χ0v) is 13.0. The SMILES string of the molecule is COc1c(C)cnc(CN2CCN[C@H](C)C2)c1C.Cl. The Hall–Kier alpha value is -0.840. The van der Waals surface area contributed by atoms with E-state index in [0.29, 0.717) is 6.04 Å². The summed E-state index contributed by atoms with van der Waals surface area (Å²) in [6, 6.07) is 0.561. The summed E-state index contributed by atoms with van der Waals surface area (Å²) in [7, 11) is 1.73. The number of hydrogen-bond acceptors (Lipinski definition) is 4. The lowest BCUT2D eigenvalue weighted by atomic mass is 10.1. The Morgan fingerprint density at radius 3 is 2.84 bits per heavy atom. The van der Waals surface area contributed by atoms with Crippen LogP contribution < -0.4 is 10.1 Å². The number of methoxy groups -OCH3 is 1. The van der Waals surface area contributed by atoms with Crippen LogP contribution in [0.3, 0.4) is 0 Å². The van der Waals surface area contributed by atoms with Crippen LogP contribution in [0.4, 0.5) is 0 Å². The van der Waals surface area contributed by atoms with Gasteiger partial charge in [-0.25, -0.2) is 0 Å². The monoisotopic (exact) mass is 285 g/mol. The molecule has 0 bridgehead atoms. The first-order chi connectivity index (χ1) is 8.61. The summed E-state index contributed by atoms with van der Waals surface area (Å²) in [6.07, 6.45) is 1.91. The summed E-state index contributed by atoms with van der Waals surface area (Å²) in [5, 5.41) is 3.46. The minimum Gasteiger partial charge on any atom is -0.496 e. The van der Waals surface area contributed by atoms with Gasteiger partial charge in [0.05, 0.1) is 12.8 Å². The fraction of sp³-hybridized carbons (Fsp3) is 0.643. The van der Waals surface area contributed by atoms with Crippen LogP contribution in [-0.4, -0.2) is 42.7 Å². The van der Waals surface area contributed by atoms with Crippen molar-refractivity contribution in [1.82, 2.24) is 15.2 Å². The number of aromatic nitrogens is 1. The van der Waals surface area contributed by atoms with Crippen molar-refractivity contribution in [3.63, 3.8) is 0 Å². The second-order valence-corrected chi connectivity index (χ2v) is 5.14. The maximum atomic E-state index is 5.46. The quantitative estimate of drug-likeness (QED) is 0.921. The molecule has 0 aliphatic carbocycles. The first-order valence-electron chi connectivity index (χ1n) is 6.56. The minimum atomic E-state index is 0. The Bertz CT molecular complexity index is 425. The smallest absolute Gasteiger partial charge is 0.128 e. The summed E-state index contributed by atoms with van der Waals surface area (Å²) in [4.78, 5) is 7.01. The standard InChI is InChI=1S/C14H23N3O.ClH/c1-10-7-16-13(12(3)14(10)18-4)9-17-6-5-15-11(2)8-17;/h7,11,15H,5-6,8-9H2,1-4H3;1H/t11-;/m1./s1. The van der Waals surface area contributed by atoms with Gasteiger partial charge in [-0.05, 0) is 20.8 Å². The number of pyridine rings is 1. The van der Waals surface area contributed by atoms with Crippen LogP contribution in [0.5, 0.6) is 5.75 Å². The first kappa shape index (κ1) is 16.2. The lowest BCUT2D eigenvalue weighted by molar-refractivity contribution is 0.197. The summed E-state index contributed by atoms with van der Waals surface area (Å²) in [5.74, 6) is 0.975. The Kier molecular flexibility index (Phi) is 6.04. The van der Waals surface area contributed by atoms with Gasteiger partial charge in [0.25, 0.3) is 0 Å². The molecule has 1 fully saturated rings. The predicted molar refractivity (Wildman–Crippen MR) is 80.3 cm³/mol. The van der Waals surface area contributed by atoms with Gasteiger partial charge in [0, 0.05) is 49.5 Å². The molecule has 1 aromatic heterocycles. The molecule has 2 heterocycles. The minimum absolute atomic E-state index is 0. The van der Waals surface area contributed by atoms with Crippen molar-refractivity contribution in [2.45, 2.75) is 33.4 Å². The van der Waals surface area contributed by atoms with E-state index in [2.05, 4.69) is 29.0 Å². The Labute approximate surface area is 122 Å². The lowest BCUT2D eigenvalue weighted by Gasteiger charge is -2.32. The van der Waals surface area contributed by atoms with Crippen LogP contribution in [0.25, 0.3) is 0 Å². The van der Waals surface area contributed by atoms with Crippen LogP contribution in [0.15, 0.2) is 6.20 Å². The third kappa shape index (κ3) is 3.81. The van der Waals surface area contributed by atoms with Crippen molar-refractivity contribution < 1.29 is 4.74 Å². The number of nitrogens with zero attached hydrogens (tertiary/aromatic N) is 2. The first-order valence-corrected chi connectivity index (χ1v) is 6.56. The van der Waals surface area contributed by atoms with Crippen LogP contribution in [-0.2, 0) is 6.54 Å². The number of aryl methyl sites for hydroxylation is 1. The molecule has 1 aliphatic heterocycles. The average Bonchev–Trinajstić information content (AvgIpc) is 2.34. The molecule has 1 N–H and O–H groups in total. The zero-order chi connectivity index (χ0) is 13.1. The van der Waals surface area contributed by atoms with E-state index in [1.807, 2.05) is 13.1 Å². The predicted octanol–water partition coefficient (Wildman–Crippen LogP) is 1.92. The number of hydrogen-bond donors (Lipinski definition) is 1. The number of halogens is 1. The van der Waals surface area contributed by atoms with Crippen LogP contribution in [0, 0.1) is 13.8 Å². The van der Waals surface area contributed by atoms with Crippen molar-refractivity contribution in [2.75, 3.05) is 26.7 Å². The number of piperazine rings is 1. The highest BCUT2D eigenvalue weighted by atomic mass is 35.5. The van der Waals surface area contributed by atoms with Gasteiger partial charge >= 0.3 is 0 Å². The van der Waals surface area contributed by atoms with Gasteiger partial charge in [0.2, 0.25) is 0 Å². The van der Waals surface area contributed by atoms with E-state index in [4.69, 9.17) is 4.74 Å². The third-order valence-electron chi connectivity index (χ3n) is 3.58. The largest absolute Gasteiger partial charge is 0.496 e. The molecular weight excluding hydrogens is 262 g/mol. The third-order valence-corrected chi connectivity index (χ3v) is 3.58. The number of ether oxygens (including phenoxy) is 1. The van der Waals surface area contributed by atoms with Gasteiger partial charge in [-0.3, -0.25) is 9.88 Å². The molecule has 4 nitrogen and oxygen atoms in total. The highest BCUT2D eigenvalue weighted by molar-refractivity contribution is 5.85. The van der Waals surface area contributed by atoms with Crippen LogP contribution >= 0.6 is 12.4 Å². The fourth-order valence-electron chi connectivity index (χ4n) is 2.60. The molecule has 0 spiro atoms. The molecule has 19 heavy (non-hydrogen) atoms. The van der Waals surface area contributed by atoms with E-state index in [9.17, 15) is 0 Å². The zero-order valence-electron chi connectivity index (χ0n) is 12.2. The van der Waals surface area contributed by atoms with E-state index >= 15 is 0 Å². The van der Waals surface area contributed by atoms with Crippen molar-refractivity contribution in [2.24, 2.45) is 0 Å². The van der Waals surface area contributed by atoms with E-state index in [1.54, 1.807) is 7.11 Å². The summed E-state index contributed by atoms with van der Waals surface area (Å²) < 4.78 is 5.46.